The molecule has 0 aromatic heterocycles. The van der Waals surface area contributed by atoms with E-state index in [1.165, 1.54) is 6.07 Å². The lowest BCUT2D eigenvalue weighted by atomic mass is 9.85. The van der Waals surface area contributed by atoms with E-state index in [-0.39, 0.29) is 42.3 Å². The van der Waals surface area contributed by atoms with E-state index < -0.39 is 17.5 Å². The fraction of sp³-hybridized carbons (Fsp3) is 0.625. The lowest BCUT2D eigenvalue weighted by molar-refractivity contribution is 0.0200. The molecule has 3 rings (SSSR count). The van der Waals surface area contributed by atoms with Gasteiger partial charge in [0.2, 0.25) is 0 Å². The number of rotatable bonds is 3. The maximum absolute atomic E-state index is 14.3. The average molecular weight is 387 g/mol. The Morgan fingerprint density at radius 3 is 2.25 bits per heavy atom. The first-order valence-electron chi connectivity index (χ1n) is 7.84. The van der Waals surface area contributed by atoms with Gasteiger partial charge in [0.05, 0.1) is 0 Å². The SMILES string of the molecule is Cl.Cl.Fc1ccc([C@H](C2CCOCC2)N2CCNCC2)c(F)c1F. The summed E-state index contributed by atoms with van der Waals surface area (Å²) in [5.74, 6) is -3.35. The molecule has 2 fully saturated rings. The first kappa shape index (κ1) is 21.5. The number of ether oxygens (including phenoxy) is 1. The Morgan fingerprint density at radius 1 is 1.00 bits per heavy atom. The monoisotopic (exact) mass is 386 g/mol. The highest BCUT2D eigenvalue weighted by Gasteiger charge is 2.34. The van der Waals surface area contributed by atoms with Crippen molar-refractivity contribution in [3.8, 4) is 0 Å². The second kappa shape index (κ2) is 9.82. The van der Waals surface area contributed by atoms with Gasteiger partial charge in [-0.1, -0.05) is 6.07 Å². The van der Waals surface area contributed by atoms with Crippen LogP contribution in [0.1, 0.15) is 24.4 Å². The molecular weight excluding hydrogens is 364 g/mol. The molecule has 138 valence electrons. The molecule has 0 spiro atoms. The molecule has 3 nitrogen and oxygen atoms in total. The molecule has 0 saturated carbocycles. The zero-order valence-corrected chi connectivity index (χ0v) is 14.9. The van der Waals surface area contributed by atoms with Gasteiger partial charge in [0.15, 0.2) is 17.5 Å². The molecule has 1 aromatic rings. The number of piperazine rings is 1. The van der Waals surface area contributed by atoms with Crippen LogP contribution in [0.15, 0.2) is 12.1 Å². The Balaban J connectivity index is 0.00000144. The van der Waals surface area contributed by atoms with E-state index in [4.69, 9.17) is 4.74 Å². The van der Waals surface area contributed by atoms with Crippen LogP contribution in [-0.4, -0.2) is 44.3 Å². The molecule has 2 aliphatic heterocycles. The highest BCUT2D eigenvalue weighted by molar-refractivity contribution is 5.85. The minimum absolute atomic E-state index is 0. The van der Waals surface area contributed by atoms with Crippen molar-refractivity contribution < 1.29 is 17.9 Å². The second-order valence-electron chi connectivity index (χ2n) is 5.95. The van der Waals surface area contributed by atoms with Gasteiger partial charge in [0, 0.05) is 51.0 Å². The summed E-state index contributed by atoms with van der Waals surface area (Å²) in [4.78, 5) is 2.18. The Morgan fingerprint density at radius 2 is 1.62 bits per heavy atom. The molecule has 8 heteroatoms. The lowest BCUT2D eigenvalue weighted by Crippen LogP contribution is -2.47. The number of nitrogens with one attached hydrogen (secondary N) is 1. The smallest absolute Gasteiger partial charge is 0.194 e. The van der Waals surface area contributed by atoms with Crippen LogP contribution in [0.25, 0.3) is 0 Å². The molecule has 1 atom stereocenters. The van der Waals surface area contributed by atoms with Gasteiger partial charge >= 0.3 is 0 Å². The minimum Gasteiger partial charge on any atom is -0.381 e. The quantitative estimate of drug-likeness (QED) is 0.806. The summed E-state index contributed by atoms with van der Waals surface area (Å²) in [6.07, 6.45) is 1.63. The van der Waals surface area contributed by atoms with Crippen LogP contribution in [0.2, 0.25) is 0 Å². The maximum Gasteiger partial charge on any atom is 0.194 e. The van der Waals surface area contributed by atoms with E-state index >= 15 is 0 Å². The Hall–Kier alpha value is -0.530. The van der Waals surface area contributed by atoms with Crippen LogP contribution in [-0.2, 0) is 4.74 Å². The first-order chi connectivity index (χ1) is 10.7. The summed E-state index contributed by atoms with van der Waals surface area (Å²) in [7, 11) is 0. The standard InChI is InChI=1S/C16H21F3N2O.2ClH/c17-13-2-1-12(14(18)15(13)19)16(11-3-9-22-10-4-11)21-7-5-20-6-8-21;;/h1-2,11,16,20H,3-10H2;2*1H/t16-;;/m0../s1. The molecule has 2 aliphatic rings. The molecule has 0 aliphatic carbocycles. The molecule has 1 aromatic carbocycles. The Kier molecular flexibility index (Phi) is 8.81. The van der Waals surface area contributed by atoms with Crippen molar-refractivity contribution in [3.63, 3.8) is 0 Å². The first-order valence-corrected chi connectivity index (χ1v) is 7.84. The van der Waals surface area contributed by atoms with E-state index in [1.807, 2.05) is 0 Å². The summed E-state index contributed by atoms with van der Waals surface area (Å²) >= 11 is 0. The van der Waals surface area contributed by atoms with Gasteiger partial charge in [0.25, 0.3) is 0 Å². The molecular formula is C16H23Cl2F3N2O. The van der Waals surface area contributed by atoms with Crippen LogP contribution >= 0.6 is 24.8 Å². The highest BCUT2D eigenvalue weighted by atomic mass is 35.5. The van der Waals surface area contributed by atoms with Crippen molar-refractivity contribution in [2.24, 2.45) is 5.92 Å². The van der Waals surface area contributed by atoms with Crippen LogP contribution in [0.3, 0.4) is 0 Å². The molecule has 0 amide bonds. The zero-order chi connectivity index (χ0) is 15.5. The Labute approximate surface area is 152 Å². The van der Waals surface area contributed by atoms with Gasteiger partial charge in [-0.05, 0) is 24.8 Å². The third kappa shape index (κ3) is 4.55. The zero-order valence-electron chi connectivity index (χ0n) is 13.3. The third-order valence-electron chi connectivity index (χ3n) is 4.64. The summed E-state index contributed by atoms with van der Waals surface area (Å²) in [6.45, 7) is 4.48. The summed E-state index contributed by atoms with van der Waals surface area (Å²) < 4.78 is 46.7. The van der Waals surface area contributed by atoms with Gasteiger partial charge in [-0.3, -0.25) is 4.90 Å². The summed E-state index contributed by atoms with van der Waals surface area (Å²) in [6, 6.07) is 2.21. The van der Waals surface area contributed by atoms with Gasteiger partial charge in [0.1, 0.15) is 0 Å². The predicted molar refractivity (Wildman–Crippen MR) is 91.5 cm³/mol. The van der Waals surface area contributed by atoms with Gasteiger partial charge in [-0.15, -0.1) is 24.8 Å². The third-order valence-corrected chi connectivity index (χ3v) is 4.64. The van der Waals surface area contributed by atoms with Crippen molar-refractivity contribution >= 4 is 24.8 Å². The fourth-order valence-electron chi connectivity index (χ4n) is 3.51. The number of benzene rings is 1. The number of hydrogen-bond donors (Lipinski definition) is 1. The van der Waals surface area contributed by atoms with Crippen molar-refractivity contribution in [3.05, 3.63) is 35.1 Å². The second-order valence-corrected chi connectivity index (χ2v) is 5.95. The molecule has 0 unspecified atom stereocenters. The summed E-state index contributed by atoms with van der Waals surface area (Å²) in [5.41, 5.74) is 0.271. The van der Waals surface area contributed by atoms with Gasteiger partial charge < -0.3 is 10.1 Å². The number of hydrogen-bond acceptors (Lipinski definition) is 3. The van der Waals surface area contributed by atoms with Crippen molar-refractivity contribution in [2.45, 2.75) is 18.9 Å². The van der Waals surface area contributed by atoms with Gasteiger partial charge in [-0.2, -0.15) is 0 Å². The predicted octanol–water partition coefficient (Wildman–Crippen LogP) is 3.32. The van der Waals surface area contributed by atoms with E-state index in [2.05, 4.69) is 10.2 Å². The molecule has 1 N–H and O–H groups in total. The molecule has 2 saturated heterocycles. The molecule has 2 heterocycles. The highest BCUT2D eigenvalue weighted by Crippen LogP contribution is 2.37. The van der Waals surface area contributed by atoms with E-state index in [9.17, 15) is 13.2 Å². The van der Waals surface area contributed by atoms with Crippen molar-refractivity contribution in [1.82, 2.24) is 10.2 Å². The average Bonchev–Trinajstić information content (AvgIpc) is 2.57. The topological polar surface area (TPSA) is 24.5 Å². The van der Waals surface area contributed by atoms with Crippen molar-refractivity contribution in [1.29, 1.82) is 0 Å². The van der Waals surface area contributed by atoms with E-state index in [0.29, 0.717) is 13.2 Å². The van der Waals surface area contributed by atoms with Crippen molar-refractivity contribution in [2.75, 3.05) is 39.4 Å². The van der Waals surface area contributed by atoms with Crippen LogP contribution in [0.5, 0.6) is 0 Å². The maximum atomic E-state index is 14.3. The van der Waals surface area contributed by atoms with Crippen LogP contribution in [0.4, 0.5) is 13.2 Å². The van der Waals surface area contributed by atoms with Gasteiger partial charge in [-0.25, -0.2) is 13.2 Å². The van der Waals surface area contributed by atoms with Crippen LogP contribution in [0, 0.1) is 23.4 Å². The fourth-order valence-corrected chi connectivity index (χ4v) is 3.51. The molecule has 0 bridgehead atoms. The largest absolute Gasteiger partial charge is 0.381 e. The number of nitrogens with zero attached hydrogens (tertiary/aromatic N) is 1. The summed E-state index contributed by atoms with van der Waals surface area (Å²) in [5, 5.41) is 3.26. The lowest BCUT2D eigenvalue weighted by Gasteiger charge is -2.41. The number of halogens is 5. The minimum atomic E-state index is -1.37. The Bertz CT molecular complexity index is 506. The van der Waals surface area contributed by atoms with E-state index in [0.717, 1.165) is 45.1 Å². The molecule has 0 radical (unpaired) electrons. The van der Waals surface area contributed by atoms with Crippen LogP contribution < -0.4 is 5.32 Å². The molecule has 24 heavy (non-hydrogen) atoms. The normalized spacial score (nSPS) is 20.8. The van der Waals surface area contributed by atoms with E-state index in [1.54, 1.807) is 0 Å².